The minimum atomic E-state index is -4.64. The zero-order valence-electron chi connectivity index (χ0n) is 13.8. The topological polar surface area (TPSA) is 105 Å². The monoisotopic (exact) mass is 384 g/mol. The van der Waals surface area contributed by atoms with Gasteiger partial charge in [0.15, 0.2) is 11.4 Å². The van der Waals surface area contributed by atoms with Crippen LogP contribution in [0.5, 0.6) is 5.75 Å². The van der Waals surface area contributed by atoms with E-state index in [-0.39, 0.29) is 5.69 Å². The highest BCUT2D eigenvalue weighted by atomic mass is 19.4. The van der Waals surface area contributed by atoms with Crippen LogP contribution in [0.4, 0.5) is 13.2 Å². The zero-order chi connectivity index (χ0) is 19.6. The Bertz CT molecular complexity index is 860. The maximum absolute atomic E-state index is 13.1. The lowest BCUT2D eigenvalue weighted by molar-refractivity contribution is -0.137. The fourth-order valence-electron chi connectivity index (χ4n) is 2.61. The van der Waals surface area contributed by atoms with Crippen molar-refractivity contribution in [3.05, 3.63) is 41.7 Å². The van der Waals surface area contributed by atoms with E-state index in [0.29, 0.717) is 13.0 Å². The number of hydrogen-bond acceptors (Lipinski definition) is 5. The fraction of sp³-hybridized carbons (Fsp3) is 0.312. The number of hydrogen-bond donors (Lipinski definition) is 3. The Morgan fingerprint density at radius 1 is 1.26 bits per heavy atom. The molecule has 0 radical (unpaired) electrons. The molecule has 1 aliphatic rings. The number of amides is 2. The number of aromatic nitrogens is 2. The molecule has 8 nitrogen and oxygen atoms in total. The standard InChI is InChI=1S/C16H15F3N4O4/c17-16(18,19)9-4-1-2-5-10(9)23-8-11(24)13(22-23)15(26)21-20-14(25)12-6-3-7-27-12/h1-2,4-5,8,12,24H,3,6-7H2,(H,20,25)(H,21,26)/t12-/m0/s1. The van der Waals surface area contributed by atoms with Gasteiger partial charge in [0.25, 0.3) is 11.8 Å². The molecule has 1 saturated heterocycles. The molecule has 0 aliphatic carbocycles. The Kier molecular flexibility index (Phi) is 5.04. The highest BCUT2D eigenvalue weighted by Crippen LogP contribution is 2.34. The van der Waals surface area contributed by atoms with Crippen LogP contribution in [0.2, 0.25) is 0 Å². The average Bonchev–Trinajstić information content (AvgIpc) is 3.28. The average molecular weight is 384 g/mol. The molecule has 1 aromatic heterocycles. The number of ether oxygens (including phenoxy) is 1. The Hall–Kier alpha value is -3.08. The molecule has 11 heteroatoms. The van der Waals surface area contributed by atoms with Gasteiger partial charge in [-0.25, -0.2) is 4.68 Å². The van der Waals surface area contributed by atoms with Gasteiger partial charge in [0, 0.05) is 6.61 Å². The summed E-state index contributed by atoms with van der Waals surface area (Å²) >= 11 is 0. The first kappa shape index (κ1) is 18.7. The number of aromatic hydroxyl groups is 1. The molecule has 0 saturated carbocycles. The first-order valence-electron chi connectivity index (χ1n) is 7.94. The van der Waals surface area contributed by atoms with Crippen molar-refractivity contribution in [1.82, 2.24) is 20.6 Å². The van der Waals surface area contributed by atoms with Crippen LogP contribution in [-0.2, 0) is 15.7 Å². The van der Waals surface area contributed by atoms with Crippen molar-refractivity contribution < 1.29 is 32.6 Å². The van der Waals surface area contributed by atoms with E-state index in [0.717, 1.165) is 29.4 Å². The second-order valence-corrected chi connectivity index (χ2v) is 5.77. The molecule has 2 aromatic rings. The summed E-state index contributed by atoms with van der Waals surface area (Å²) in [6.07, 6.45) is -3.22. The number of halogens is 3. The Morgan fingerprint density at radius 2 is 2.00 bits per heavy atom. The summed E-state index contributed by atoms with van der Waals surface area (Å²) < 4.78 is 45.2. The number of rotatable bonds is 3. The predicted octanol–water partition coefficient (Wildman–Crippen LogP) is 1.54. The van der Waals surface area contributed by atoms with Gasteiger partial charge in [0.1, 0.15) is 6.10 Å². The summed E-state index contributed by atoms with van der Waals surface area (Å²) in [6.45, 7) is 0.440. The molecule has 1 aliphatic heterocycles. The van der Waals surface area contributed by atoms with Crippen molar-refractivity contribution in [2.24, 2.45) is 0 Å². The predicted molar refractivity (Wildman–Crippen MR) is 84.8 cm³/mol. The third kappa shape index (κ3) is 4.03. The molecule has 0 unspecified atom stereocenters. The van der Waals surface area contributed by atoms with Crippen LogP contribution < -0.4 is 10.9 Å². The van der Waals surface area contributed by atoms with Crippen LogP contribution in [0.25, 0.3) is 5.69 Å². The molecule has 27 heavy (non-hydrogen) atoms. The van der Waals surface area contributed by atoms with Crippen molar-refractivity contribution >= 4 is 11.8 Å². The number of alkyl halides is 3. The highest BCUT2D eigenvalue weighted by molar-refractivity contribution is 5.96. The Balaban J connectivity index is 1.77. The lowest BCUT2D eigenvalue weighted by atomic mass is 10.2. The van der Waals surface area contributed by atoms with E-state index in [1.165, 1.54) is 12.1 Å². The number of benzene rings is 1. The van der Waals surface area contributed by atoms with Gasteiger partial charge in [-0.2, -0.15) is 18.3 Å². The number of hydrazine groups is 1. The molecule has 1 fully saturated rings. The van der Waals surface area contributed by atoms with Gasteiger partial charge in [-0.05, 0) is 25.0 Å². The normalized spacial score (nSPS) is 16.9. The van der Waals surface area contributed by atoms with E-state index in [1.54, 1.807) is 0 Å². The number of para-hydroxylation sites is 1. The van der Waals surface area contributed by atoms with Crippen molar-refractivity contribution in [1.29, 1.82) is 0 Å². The van der Waals surface area contributed by atoms with E-state index in [4.69, 9.17) is 4.74 Å². The number of carbonyl (C=O) groups is 2. The molecule has 2 heterocycles. The molecule has 1 atom stereocenters. The van der Waals surface area contributed by atoms with Crippen molar-refractivity contribution in [3.8, 4) is 11.4 Å². The van der Waals surface area contributed by atoms with Gasteiger partial charge in [-0.15, -0.1) is 0 Å². The van der Waals surface area contributed by atoms with Crippen LogP contribution in [0, 0.1) is 0 Å². The highest BCUT2D eigenvalue weighted by Gasteiger charge is 2.34. The minimum absolute atomic E-state index is 0.359. The van der Waals surface area contributed by atoms with Crippen LogP contribution in [0.3, 0.4) is 0 Å². The molecule has 3 rings (SSSR count). The van der Waals surface area contributed by atoms with Crippen molar-refractivity contribution in [3.63, 3.8) is 0 Å². The minimum Gasteiger partial charge on any atom is -0.504 e. The van der Waals surface area contributed by atoms with Gasteiger partial charge >= 0.3 is 6.18 Å². The van der Waals surface area contributed by atoms with E-state index in [9.17, 15) is 27.9 Å². The number of carbonyl (C=O) groups excluding carboxylic acids is 2. The summed E-state index contributed by atoms with van der Waals surface area (Å²) in [6, 6.07) is 4.58. The molecular formula is C16H15F3N4O4. The zero-order valence-corrected chi connectivity index (χ0v) is 13.8. The van der Waals surface area contributed by atoms with Gasteiger partial charge in [-0.1, -0.05) is 12.1 Å². The molecule has 0 spiro atoms. The van der Waals surface area contributed by atoms with Gasteiger partial charge in [0.05, 0.1) is 17.4 Å². The van der Waals surface area contributed by atoms with E-state index >= 15 is 0 Å². The van der Waals surface area contributed by atoms with Crippen LogP contribution in [0.1, 0.15) is 28.9 Å². The molecule has 3 N–H and O–H groups in total. The van der Waals surface area contributed by atoms with E-state index in [2.05, 4.69) is 10.5 Å². The summed E-state index contributed by atoms with van der Waals surface area (Å²) in [5.74, 6) is -2.19. The Morgan fingerprint density at radius 3 is 2.67 bits per heavy atom. The van der Waals surface area contributed by atoms with E-state index < -0.39 is 41.1 Å². The number of nitrogens with one attached hydrogen (secondary N) is 2. The first-order chi connectivity index (χ1) is 12.8. The first-order valence-corrected chi connectivity index (χ1v) is 7.94. The summed E-state index contributed by atoms with van der Waals surface area (Å²) in [4.78, 5) is 23.9. The Labute approximate surface area is 150 Å². The molecule has 0 bridgehead atoms. The molecule has 2 amide bonds. The lowest BCUT2D eigenvalue weighted by Gasteiger charge is -2.12. The summed E-state index contributed by atoms with van der Waals surface area (Å²) in [7, 11) is 0. The maximum atomic E-state index is 13.1. The van der Waals surface area contributed by atoms with Gasteiger partial charge < -0.3 is 9.84 Å². The van der Waals surface area contributed by atoms with Crippen molar-refractivity contribution in [2.45, 2.75) is 25.1 Å². The second kappa shape index (κ2) is 7.27. The third-order valence-electron chi connectivity index (χ3n) is 3.89. The van der Waals surface area contributed by atoms with Crippen LogP contribution >= 0.6 is 0 Å². The van der Waals surface area contributed by atoms with Gasteiger partial charge in [-0.3, -0.25) is 20.4 Å². The SMILES string of the molecule is O=C(NNC(=O)[C@@H]1CCCO1)c1nn(-c2ccccc2C(F)(F)F)cc1O. The lowest BCUT2D eigenvalue weighted by Crippen LogP contribution is -2.46. The summed E-state index contributed by atoms with van der Waals surface area (Å²) in [5, 5.41) is 13.6. The molecular weight excluding hydrogens is 369 g/mol. The smallest absolute Gasteiger partial charge is 0.418 e. The van der Waals surface area contributed by atoms with E-state index in [1.807, 2.05) is 5.43 Å². The van der Waals surface area contributed by atoms with Crippen molar-refractivity contribution in [2.75, 3.05) is 6.61 Å². The van der Waals surface area contributed by atoms with Crippen LogP contribution in [0.15, 0.2) is 30.5 Å². The third-order valence-corrected chi connectivity index (χ3v) is 3.89. The molecule has 144 valence electrons. The number of nitrogens with zero attached hydrogens (tertiary/aromatic N) is 2. The fourth-order valence-corrected chi connectivity index (χ4v) is 2.61. The largest absolute Gasteiger partial charge is 0.504 e. The quantitative estimate of drug-likeness (QED) is 0.696. The van der Waals surface area contributed by atoms with Crippen LogP contribution in [-0.4, -0.2) is 39.4 Å². The van der Waals surface area contributed by atoms with Gasteiger partial charge in [0.2, 0.25) is 0 Å². The molecule has 1 aromatic carbocycles. The summed E-state index contributed by atoms with van der Waals surface area (Å²) in [5.41, 5.74) is 2.30. The maximum Gasteiger partial charge on any atom is 0.418 e. The second-order valence-electron chi connectivity index (χ2n) is 5.77.